The highest BCUT2D eigenvalue weighted by Crippen LogP contribution is 2.26. The summed E-state index contributed by atoms with van der Waals surface area (Å²) in [4.78, 5) is 10.7. The second-order valence-corrected chi connectivity index (χ2v) is 4.07. The van der Waals surface area contributed by atoms with Crippen LogP contribution in [0, 0.1) is 5.82 Å². The number of hydrogen-bond acceptors (Lipinski definition) is 2. The number of aldehydes is 1. The molecule has 0 unspecified atom stereocenters. The summed E-state index contributed by atoms with van der Waals surface area (Å²) in [6, 6.07) is 12.2. The topological polar surface area (TPSA) is 26.3 Å². The van der Waals surface area contributed by atoms with Crippen LogP contribution in [0.4, 0.5) is 4.39 Å². The van der Waals surface area contributed by atoms with E-state index in [-0.39, 0.29) is 22.9 Å². The van der Waals surface area contributed by atoms with Crippen LogP contribution >= 0.6 is 11.6 Å². The molecule has 0 aliphatic heterocycles. The maximum atomic E-state index is 13.8. The van der Waals surface area contributed by atoms with E-state index in [2.05, 4.69) is 0 Å². The molecule has 0 aromatic heterocycles. The van der Waals surface area contributed by atoms with Gasteiger partial charge in [-0.25, -0.2) is 4.39 Å². The molecule has 2 rings (SSSR count). The Balaban J connectivity index is 2.18. The van der Waals surface area contributed by atoms with Gasteiger partial charge < -0.3 is 4.74 Å². The van der Waals surface area contributed by atoms with Gasteiger partial charge in [0.1, 0.15) is 6.61 Å². The maximum absolute atomic E-state index is 13.8. The van der Waals surface area contributed by atoms with Crippen LogP contribution < -0.4 is 4.74 Å². The van der Waals surface area contributed by atoms with E-state index >= 15 is 0 Å². The summed E-state index contributed by atoms with van der Waals surface area (Å²) in [5.74, 6) is -0.709. The van der Waals surface area contributed by atoms with Crippen molar-refractivity contribution in [3.05, 3.63) is 64.4 Å². The van der Waals surface area contributed by atoms with Crippen molar-refractivity contribution >= 4 is 17.9 Å². The third-order valence-corrected chi connectivity index (χ3v) is 2.78. The van der Waals surface area contributed by atoms with Crippen LogP contribution in [0.25, 0.3) is 0 Å². The number of carbonyl (C=O) groups is 1. The van der Waals surface area contributed by atoms with Gasteiger partial charge in [-0.05, 0) is 17.7 Å². The molecule has 0 amide bonds. The summed E-state index contributed by atoms with van der Waals surface area (Å²) in [5, 5.41) is 0.0783. The molecule has 0 saturated heterocycles. The average Bonchev–Trinajstić information content (AvgIpc) is 2.40. The third-order valence-electron chi connectivity index (χ3n) is 2.45. The number of ether oxygens (including phenoxy) is 1. The van der Waals surface area contributed by atoms with Crippen LogP contribution in [0.1, 0.15) is 15.9 Å². The van der Waals surface area contributed by atoms with Crippen LogP contribution in [-0.2, 0) is 6.61 Å². The van der Waals surface area contributed by atoms with Crippen LogP contribution in [0.5, 0.6) is 5.75 Å². The summed E-state index contributed by atoms with van der Waals surface area (Å²) >= 11 is 5.69. The van der Waals surface area contributed by atoms with Gasteiger partial charge in [-0.3, -0.25) is 4.79 Å². The van der Waals surface area contributed by atoms with E-state index in [1.165, 1.54) is 12.1 Å². The predicted molar refractivity (Wildman–Crippen MR) is 67.6 cm³/mol. The van der Waals surface area contributed by atoms with Crippen molar-refractivity contribution in [3.63, 3.8) is 0 Å². The molecule has 0 spiro atoms. The molecule has 0 N–H and O–H groups in total. The predicted octanol–water partition coefficient (Wildman–Crippen LogP) is 3.87. The van der Waals surface area contributed by atoms with Gasteiger partial charge in [0.2, 0.25) is 0 Å². The van der Waals surface area contributed by atoms with Crippen molar-refractivity contribution in [2.24, 2.45) is 0 Å². The first kappa shape index (κ1) is 12.6. The lowest BCUT2D eigenvalue weighted by molar-refractivity contribution is 0.111. The molecule has 2 aromatic carbocycles. The van der Waals surface area contributed by atoms with Crippen molar-refractivity contribution in [1.29, 1.82) is 0 Å². The highest BCUT2D eigenvalue weighted by molar-refractivity contribution is 6.33. The van der Waals surface area contributed by atoms with Crippen molar-refractivity contribution in [3.8, 4) is 5.75 Å². The molecular formula is C14H10ClFO2. The molecule has 0 saturated carbocycles. The molecule has 4 heteroatoms. The van der Waals surface area contributed by atoms with E-state index in [0.717, 1.165) is 5.56 Å². The van der Waals surface area contributed by atoms with Gasteiger partial charge in [0.15, 0.2) is 17.9 Å². The van der Waals surface area contributed by atoms with Crippen molar-refractivity contribution in [2.75, 3.05) is 0 Å². The Morgan fingerprint density at radius 3 is 2.56 bits per heavy atom. The van der Waals surface area contributed by atoms with E-state index < -0.39 is 5.82 Å². The SMILES string of the molecule is O=Cc1c(Cl)ccc(OCc2ccccc2)c1F. The Hall–Kier alpha value is -1.87. The van der Waals surface area contributed by atoms with Crippen molar-refractivity contribution in [1.82, 2.24) is 0 Å². The quantitative estimate of drug-likeness (QED) is 0.784. The molecule has 0 aliphatic rings. The number of carbonyl (C=O) groups excluding carboxylic acids is 1. The first-order valence-electron chi connectivity index (χ1n) is 5.32. The number of hydrogen-bond donors (Lipinski definition) is 0. The summed E-state index contributed by atoms with van der Waals surface area (Å²) in [6.45, 7) is 0.234. The summed E-state index contributed by atoms with van der Waals surface area (Å²) in [6.07, 6.45) is 0.382. The lowest BCUT2D eigenvalue weighted by atomic mass is 10.2. The summed E-state index contributed by atoms with van der Waals surface area (Å²) < 4.78 is 19.1. The van der Waals surface area contributed by atoms with Crippen LogP contribution in [-0.4, -0.2) is 6.29 Å². The Morgan fingerprint density at radius 1 is 1.17 bits per heavy atom. The lowest BCUT2D eigenvalue weighted by Gasteiger charge is -2.09. The van der Waals surface area contributed by atoms with Gasteiger partial charge in [-0.2, -0.15) is 0 Å². The maximum Gasteiger partial charge on any atom is 0.177 e. The van der Waals surface area contributed by atoms with Gasteiger partial charge >= 0.3 is 0 Å². The standard InChI is InChI=1S/C14H10ClFO2/c15-12-6-7-13(14(16)11(12)8-17)18-9-10-4-2-1-3-5-10/h1-8H,9H2. The highest BCUT2D eigenvalue weighted by Gasteiger charge is 2.12. The smallest absolute Gasteiger partial charge is 0.177 e. The van der Waals surface area contributed by atoms with Gasteiger partial charge in [0.25, 0.3) is 0 Å². The zero-order valence-corrected chi connectivity index (χ0v) is 10.2. The number of benzene rings is 2. The minimum Gasteiger partial charge on any atom is -0.486 e. The van der Waals surface area contributed by atoms with Crippen LogP contribution in [0.3, 0.4) is 0 Å². The molecular weight excluding hydrogens is 255 g/mol. The molecule has 92 valence electrons. The normalized spacial score (nSPS) is 10.1. The van der Waals surface area contributed by atoms with E-state index in [9.17, 15) is 9.18 Å². The highest BCUT2D eigenvalue weighted by atomic mass is 35.5. The number of halogens is 2. The zero-order chi connectivity index (χ0) is 13.0. The zero-order valence-electron chi connectivity index (χ0n) is 9.40. The molecule has 0 atom stereocenters. The van der Waals surface area contributed by atoms with Crippen LogP contribution in [0.2, 0.25) is 5.02 Å². The monoisotopic (exact) mass is 264 g/mol. The lowest BCUT2D eigenvalue weighted by Crippen LogP contribution is -2.00. The van der Waals surface area contributed by atoms with Gasteiger partial charge in [0.05, 0.1) is 10.6 Å². The Bertz CT molecular complexity index is 555. The van der Waals surface area contributed by atoms with Gasteiger partial charge in [-0.15, -0.1) is 0 Å². The fraction of sp³-hybridized carbons (Fsp3) is 0.0714. The Labute approximate surface area is 109 Å². The summed E-state index contributed by atoms with van der Waals surface area (Å²) in [5.41, 5.74) is 0.738. The molecule has 0 fully saturated rings. The minimum absolute atomic E-state index is 0.0188. The summed E-state index contributed by atoms with van der Waals surface area (Å²) in [7, 11) is 0. The van der Waals surface area contributed by atoms with Gasteiger partial charge in [0, 0.05) is 0 Å². The average molecular weight is 265 g/mol. The minimum atomic E-state index is -0.728. The van der Waals surface area contributed by atoms with E-state index in [0.29, 0.717) is 6.29 Å². The number of rotatable bonds is 4. The van der Waals surface area contributed by atoms with Crippen LogP contribution in [0.15, 0.2) is 42.5 Å². The molecule has 18 heavy (non-hydrogen) atoms. The first-order valence-corrected chi connectivity index (χ1v) is 5.70. The molecule has 2 nitrogen and oxygen atoms in total. The third kappa shape index (κ3) is 2.68. The van der Waals surface area contributed by atoms with E-state index in [1.54, 1.807) is 0 Å². The molecule has 0 heterocycles. The van der Waals surface area contributed by atoms with Crippen molar-refractivity contribution in [2.45, 2.75) is 6.61 Å². The van der Waals surface area contributed by atoms with Gasteiger partial charge in [-0.1, -0.05) is 41.9 Å². The van der Waals surface area contributed by atoms with E-state index in [4.69, 9.17) is 16.3 Å². The molecule has 0 radical (unpaired) electrons. The second kappa shape index (κ2) is 5.65. The Kier molecular flexibility index (Phi) is 3.95. The fourth-order valence-corrected chi connectivity index (χ4v) is 1.69. The Morgan fingerprint density at radius 2 is 1.89 bits per heavy atom. The van der Waals surface area contributed by atoms with E-state index in [1.807, 2.05) is 30.3 Å². The second-order valence-electron chi connectivity index (χ2n) is 3.67. The molecule has 0 aliphatic carbocycles. The fourth-order valence-electron chi connectivity index (χ4n) is 1.50. The first-order chi connectivity index (χ1) is 8.72. The largest absolute Gasteiger partial charge is 0.486 e. The molecule has 2 aromatic rings. The van der Waals surface area contributed by atoms with Crippen molar-refractivity contribution < 1.29 is 13.9 Å². The molecule has 0 bridgehead atoms.